The van der Waals surface area contributed by atoms with Gasteiger partial charge in [0.05, 0.1) is 6.61 Å². The van der Waals surface area contributed by atoms with Gasteiger partial charge in [-0.2, -0.15) is 11.6 Å². The van der Waals surface area contributed by atoms with Crippen LogP contribution in [0.25, 0.3) is 6.08 Å². The van der Waals surface area contributed by atoms with Crippen molar-refractivity contribution in [2.75, 3.05) is 6.61 Å². The minimum atomic E-state index is -0.418. The molecule has 0 amide bonds. The third-order valence-corrected chi connectivity index (χ3v) is 3.73. The number of ether oxygens (including phenoxy) is 1. The molecule has 1 fully saturated rings. The molecule has 0 atom stereocenters. The molecule has 1 aromatic carbocycles. The van der Waals surface area contributed by atoms with Crippen LogP contribution in [0.1, 0.15) is 50.2 Å². The summed E-state index contributed by atoms with van der Waals surface area (Å²) in [5.74, 6) is 0.381. The molecule has 1 saturated carbocycles. The van der Waals surface area contributed by atoms with Crippen LogP contribution in [-0.2, 0) is 48.7 Å². The van der Waals surface area contributed by atoms with Crippen molar-refractivity contribution in [1.29, 1.82) is 0 Å². The van der Waals surface area contributed by atoms with E-state index in [9.17, 15) is 4.79 Å². The minimum absolute atomic E-state index is 0. The van der Waals surface area contributed by atoms with E-state index in [0.717, 1.165) is 17.9 Å². The number of benzene rings is 1. The van der Waals surface area contributed by atoms with Gasteiger partial charge in [-0.1, -0.05) is 32.1 Å². The summed E-state index contributed by atoms with van der Waals surface area (Å²) in [7, 11) is 0. The Hall–Kier alpha value is -0.466. The first kappa shape index (κ1) is 18.6. The van der Waals surface area contributed by atoms with Gasteiger partial charge >= 0.3 is 0 Å². The van der Waals surface area contributed by atoms with Crippen molar-refractivity contribution in [1.82, 2.24) is 0 Å². The van der Waals surface area contributed by atoms with Crippen LogP contribution >= 0.6 is 0 Å². The van der Waals surface area contributed by atoms with Gasteiger partial charge < -0.3 is 16.4 Å². The van der Waals surface area contributed by atoms with Crippen LogP contribution < -0.4 is 0 Å². The normalized spacial score (nSPS) is 15.7. The summed E-state index contributed by atoms with van der Waals surface area (Å²) < 4.78 is 4.82. The quantitative estimate of drug-likeness (QED) is 0.452. The molecule has 0 heterocycles. The van der Waals surface area contributed by atoms with Gasteiger partial charge in [0.25, 0.3) is 0 Å². The maximum absolute atomic E-state index is 11.2. The molecule has 0 bridgehead atoms. The Kier molecular flexibility index (Phi) is 9.11. The SMILES string of the molecule is CCOC(=O)[C-]=Cc1[c-]c(CC2CCCCC2)ccc1.[Y]. The van der Waals surface area contributed by atoms with Crippen molar-refractivity contribution >= 4 is 12.0 Å². The van der Waals surface area contributed by atoms with E-state index in [-0.39, 0.29) is 32.7 Å². The molecule has 21 heavy (non-hydrogen) atoms. The number of carbonyl (C=O) groups is 1. The van der Waals surface area contributed by atoms with Crippen molar-refractivity contribution in [3.8, 4) is 0 Å². The summed E-state index contributed by atoms with van der Waals surface area (Å²) in [6, 6.07) is 9.45. The van der Waals surface area contributed by atoms with E-state index in [1.54, 1.807) is 13.0 Å². The van der Waals surface area contributed by atoms with Crippen molar-refractivity contribution in [3.63, 3.8) is 0 Å². The minimum Gasteiger partial charge on any atom is -0.477 e. The maximum Gasteiger partial charge on any atom is 0.228 e. The van der Waals surface area contributed by atoms with E-state index >= 15 is 0 Å². The van der Waals surface area contributed by atoms with Gasteiger partial charge in [0.2, 0.25) is 5.97 Å². The van der Waals surface area contributed by atoms with Crippen LogP contribution in [0, 0.1) is 18.1 Å². The van der Waals surface area contributed by atoms with Crippen LogP contribution in [0.4, 0.5) is 0 Å². The molecule has 3 heteroatoms. The Bertz CT molecular complexity index is 462. The molecule has 0 aliphatic heterocycles. The molecule has 1 aromatic rings. The van der Waals surface area contributed by atoms with Gasteiger partial charge in [0.1, 0.15) is 0 Å². The smallest absolute Gasteiger partial charge is 0.228 e. The Labute approximate surface area is 153 Å². The third-order valence-electron chi connectivity index (χ3n) is 3.73. The Morgan fingerprint density at radius 2 is 2.14 bits per heavy atom. The molecule has 0 unspecified atom stereocenters. The summed E-state index contributed by atoms with van der Waals surface area (Å²) in [6.45, 7) is 2.17. The van der Waals surface area contributed by atoms with Crippen LogP contribution in [0.5, 0.6) is 0 Å². The van der Waals surface area contributed by atoms with Crippen molar-refractivity contribution in [2.24, 2.45) is 5.92 Å². The second kappa shape index (κ2) is 10.3. The van der Waals surface area contributed by atoms with E-state index in [0.29, 0.717) is 6.61 Å². The number of esters is 1. The summed E-state index contributed by atoms with van der Waals surface area (Å²) in [5.41, 5.74) is 2.13. The first-order valence-corrected chi connectivity index (χ1v) is 7.55. The van der Waals surface area contributed by atoms with E-state index in [1.807, 2.05) is 12.1 Å². The van der Waals surface area contributed by atoms with Gasteiger partial charge in [-0.15, -0.1) is 6.07 Å². The molecule has 0 N–H and O–H groups in total. The van der Waals surface area contributed by atoms with Gasteiger partial charge in [-0.05, 0) is 19.3 Å². The van der Waals surface area contributed by atoms with E-state index in [4.69, 9.17) is 4.74 Å². The molecule has 0 spiro atoms. The molecule has 0 saturated heterocycles. The zero-order valence-electron chi connectivity index (χ0n) is 12.7. The first-order valence-electron chi connectivity index (χ1n) is 7.55. The zero-order chi connectivity index (χ0) is 14.2. The fourth-order valence-electron chi connectivity index (χ4n) is 2.75. The van der Waals surface area contributed by atoms with Crippen molar-refractivity contribution in [3.05, 3.63) is 41.5 Å². The van der Waals surface area contributed by atoms with Gasteiger partial charge in [0, 0.05) is 32.7 Å². The molecule has 1 aliphatic rings. The first-order chi connectivity index (χ1) is 9.78. The summed E-state index contributed by atoms with van der Waals surface area (Å²) in [5, 5.41) is 0. The standard InChI is InChI=1S/C18H22O2.Y/c1-2-20-18(19)12-11-16-9-6-10-17(14-16)13-15-7-4-3-5-8-15;/h6,9-11,15H,2-5,7-8,13H2,1H3;/q-2;. The van der Waals surface area contributed by atoms with Crippen LogP contribution in [0.15, 0.2) is 18.2 Å². The van der Waals surface area contributed by atoms with Gasteiger partial charge in [0.15, 0.2) is 0 Å². The maximum atomic E-state index is 11.2. The molecular formula is C18H22O2Y-2. The number of hydrogen-bond acceptors (Lipinski definition) is 2. The van der Waals surface area contributed by atoms with Crippen molar-refractivity contribution in [2.45, 2.75) is 45.4 Å². The summed E-state index contributed by atoms with van der Waals surface area (Å²) >= 11 is 0. The summed E-state index contributed by atoms with van der Waals surface area (Å²) in [6.07, 6.45) is 12.1. The largest absolute Gasteiger partial charge is 0.477 e. The Balaban J connectivity index is 0.00000220. The topological polar surface area (TPSA) is 26.3 Å². The predicted molar refractivity (Wildman–Crippen MR) is 79.9 cm³/mol. The second-order valence-corrected chi connectivity index (χ2v) is 5.35. The number of rotatable bonds is 5. The van der Waals surface area contributed by atoms with E-state index < -0.39 is 5.97 Å². The van der Waals surface area contributed by atoms with E-state index in [1.165, 1.54) is 37.7 Å². The average molecular weight is 359 g/mol. The van der Waals surface area contributed by atoms with Crippen LogP contribution in [0.2, 0.25) is 0 Å². The molecule has 1 aliphatic carbocycles. The third kappa shape index (κ3) is 6.89. The number of carbonyl (C=O) groups excluding carboxylic acids is 1. The average Bonchev–Trinajstić information content (AvgIpc) is 2.47. The summed E-state index contributed by atoms with van der Waals surface area (Å²) in [4.78, 5) is 11.2. The molecular weight excluding hydrogens is 337 g/mol. The van der Waals surface area contributed by atoms with Crippen molar-refractivity contribution < 1.29 is 42.2 Å². The second-order valence-electron chi connectivity index (χ2n) is 5.35. The monoisotopic (exact) mass is 359 g/mol. The molecule has 2 nitrogen and oxygen atoms in total. The Morgan fingerprint density at radius 1 is 1.38 bits per heavy atom. The molecule has 1 radical (unpaired) electrons. The van der Waals surface area contributed by atoms with Crippen LogP contribution in [0.3, 0.4) is 0 Å². The fourth-order valence-corrected chi connectivity index (χ4v) is 2.75. The van der Waals surface area contributed by atoms with Crippen LogP contribution in [-0.4, -0.2) is 12.6 Å². The predicted octanol–water partition coefficient (Wildman–Crippen LogP) is 3.99. The fraction of sp³-hybridized carbons (Fsp3) is 0.500. The molecule has 0 aromatic heterocycles. The molecule has 2 rings (SSSR count). The molecule has 111 valence electrons. The zero-order valence-corrected chi connectivity index (χ0v) is 15.6. The van der Waals surface area contributed by atoms with E-state index in [2.05, 4.69) is 18.2 Å². The Morgan fingerprint density at radius 3 is 2.86 bits per heavy atom. The number of hydrogen-bond donors (Lipinski definition) is 0. The van der Waals surface area contributed by atoms with Gasteiger partial charge in [-0.25, -0.2) is 18.2 Å². The van der Waals surface area contributed by atoms with Gasteiger partial charge in [-0.3, -0.25) is 4.79 Å².